The highest BCUT2D eigenvalue weighted by Crippen LogP contribution is 2.25. The Balaban J connectivity index is 1.56. The van der Waals surface area contributed by atoms with Gasteiger partial charge in [-0.15, -0.1) is 0 Å². The number of aromatic nitrogens is 3. The number of para-hydroxylation sites is 1. The highest BCUT2D eigenvalue weighted by Gasteiger charge is 2.10. The molecule has 2 heterocycles. The van der Waals surface area contributed by atoms with Gasteiger partial charge in [0.05, 0.1) is 5.52 Å². The van der Waals surface area contributed by atoms with E-state index < -0.39 is 0 Å². The van der Waals surface area contributed by atoms with Crippen LogP contribution in [0.25, 0.3) is 22.3 Å². The van der Waals surface area contributed by atoms with E-state index in [2.05, 4.69) is 20.6 Å². The number of hydrogen-bond donors (Lipinski definition) is 2. The van der Waals surface area contributed by atoms with Crippen molar-refractivity contribution in [2.45, 2.75) is 20.4 Å². The van der Waals surface area contributed by atoms with Crippen molar-refractivity contribution in [1.29, 1.82) is 0 Å². The van der Waals surface area contributed by atoms with Crippen LogP contribution in [0.3, 0.4) is 0 Å². The van der Waals surface area contributed by atoms with Gasteiger partial charge >= 0.3 is 0 Å². The number of pyridine rings is 1. The molecule has 2 aromatic carbocycles. The maximum atomic E-state index is 11.8. The number of anilines is 2. The van der Waals surface area contributed by atoms with E-state index in [9.17, 15) is 4.79 Å². The zero-order valence-corrected chi connectivity index (χ0v) is 17.0. The summed E-state index contributed by atoms with van der Waals surface area (Å²) in [7, 11) is 0. The third-order valence-corrected chi connectivity index (χ3v) is 4.73. The molecule has 0 fully saturated rings. The summed E-state index contributed by atoms with van der Waals surface area (Å²) in [6.07, 6.45) is 3.50. The molecular formula is C24H23N5O. The molecule has 4 rings (SSSR count). The van der Waals surface area contributed by atoms with Gasteiger partial charge in [0.2, 0.25) is 5.91 Å². The van der Waals surface area contributed by atoms with Gasteiger partial charge in [-0.25, -0.2) is 9.97 Å². The molecule has 6 nitrogen and oxygen atoms in total. The number of nitrogens with zero attached hydrogens (tertiary/aromatic N) is 3. The summed E-state index contributed by atoms with van der Waals surface area (Å²) in [4.78, 5) is 25.4. The summed E-state index contributed by atoms with van der Waals surface area (Å²) in [6, 6.07) is 19.6. The molecule has 0 aliphatic heterocycles. The summed E-state index contributed by atoms with van der Waals surface area (Å²) in [5, 5.41) is 7.30. The summed E-state index contributed by atoms with van der Waals surface area (Å²) < 4.78 is 0. The van der Waals surface area contributed by atoms with Crippen LogP contribution < -0.4 is 10.6 Å². The summed E-state index contributed by atoms with van der Waals surface area (Å²) in [5.41, 5.74) is 3.63. The van der Waals surface area contributed by atoms with Gasteiger partial charge in [0.1, 0.15) is 5.82 Å². The van der Waals surface area contributed by atoms with Crippen LogP contribution in [-0.2, 0) is 11.3 Å². The number of carbonyl (C=O) groups excluding carboxylic acids is 1. The van der Waals surface area contributed by atoms with Crippen LogP contribution in [-0.4, -0.2) is 20.9 Å². The van der Waals surface area contributed by atoms with Gasteiger partial charge in [-0.05, 0) is 42.0 Å². The second kappa shape index (κ2) is 8.69. The summed E-state index contributed by atoms with van der Waals surface area (Å²) in [5.74, 6) is 1.37. The monoisotopic (exact) mass is 397 g/mol. The normalized spacial score (nSPS) is 10.9. The van der Waals surface area contributed by atoms with E-state index in [4.69, 9.17) is 4.98 Å². The number of hydrogen-bond acceptors (Lipinski definition) is 5. The second-order valence-corrected chi connectivity index (χ2v) is 7.35. The second-order valence-electron chi connectivity index (χ2n) is 7.35. The maximum Gasteiger partial charge on any atom is 0.226 e. The standard InChI is InChI=1S/C24H23N5O/c1-16(2)24(30)27-19-11-9-17(10-12-19)14-26-23-20-7-3-4-8-21(20)28-22(29-23)18-6-5-13-25-15-18/h3-13,15-16H,14H2,1-2H3,(H,27,30)(H,26,28,29). The van der Waals surface area contributed by atoms with Gasteiger partial charge < -0.3 is 10.6 Å². The molecule has 2 N–H and O–H groups in total. The number of amides is 1. The van der Waals surface area contributed by atoms with E-state index in [-0.39, 0.29) is 11.8 Å². The van der Waals surface area contributed by atoms with Crippen LogP contribution in [0.15, 0.2) is 73.1 Å². The first kappa shape index (κ1) is 19.5. The molecule has 0 saturated carbocycles. The summed E-state index contributed by atoms with van der Waals surface area (Å²) >= 11 is 0. The first-order valence-corrected chi connectivity index (χ1v) is 9.91. The average Bonchev–Trinajstić information content (AvgIpc) is 2.78. The van der Waals surface area contributed by atoms with E-state index in [1.54, 1.807) is 12.4 Å². The van der Waals surface area contributed by atoms with Gasteiger partial charge in [-0.3, -0.25) is 9.78 Å². The maximum absolute atomic E-state index is 11.8. The molecule has 150 valence electrons. The van der Waals surface area contributed by atoms with Crippen LogP contribution in [0.2, 0.25) is 0 Å². The largest absolute Gasteiger partial charge is 0.365 e. The van der Waals surface area contributed by atoms with E-state index >= 15 is 0 Å². The Hall–Kier alpha value is -3.80. The van der Waals surface area contributed by atoms with Crippen LogP contribution >= 0.6 is 0 Å². The lowest BCUT2D eigenvalue weighted by Gasteiger charge is -2.12. The molecule has 4 aromatic rings. The van der Waals surface area contributed by atoms with Crippen molar-refractivity contribution < 1.29 is 4.79 Å². The van der Waals surface area contributed by atoms with Gasteiger partial charge in [0, 0.05) is 41.5 Å². The molecule has 6 heteroatoms. The predicted octanol–water partition coefficient (Wildman–Crippen LogP) is 4.90. The highest BCUT2D eigenvalue weighted by molar-refractivity contribution is 5.92. The molecule has 0 aliphatic carbocycles. The molecule has 0 unspecified atom stereocenters. The lowest BCUT2D eigenvalue weighted by Crippen LogP contribution is -2.17. The van der Waals surface area contributed by atoms with Crippen LogP contribution in [0.1, 0.15) is 19.4 Å². The lowest BCUT2D eigenvalue weighted by atomic mass is 10.1. The minimum absolute atomic E-state index is 0.0104. The molecule has 2 aromatic heterocycles. The quantitative estimate of drug-likeness (QED) is 0.484. The van der Waals surface area contributed by atoms with Gasteiger partial charge in [-0.1, -0.05) is 38.1 Å². The molecule has 0 radical (unpaired) electrons. The Labute approximate surface area is 175 Å². The van der Waals surface area contributed by atoms with Crippen molar-refractivity contribution in [3.63, 3.8) is 0 Å². The lowest BCUT2D eigenvalue weighted by molar-refractivity contribution is -0.118. The van der Waals surface area contributed by atoms with Crippen molar-refractivity contribution >= 4 is 28.3 Å². The van der Waals surface area contributed by atoms with Crippen LogP contribution in [0.4, 0.5) is 11.5 Å². The summed E-state index contributed by atoms with van der Waals surface area (Å²) in [6.45, 7) is 4.35. The van der Waals surface area contributed by atoms with Crippen molar-refractivity contribution in [3.8, 4) is 11.4 Å². The Bertz CT molecular complexity index is 1160. The fraction of sp³-hybridized carbons (Fsp3) is 0.167. The third-order valence-electron chi connectivity index (χ3n) is 4.73. The van der Waals surface area contributed by atoms with Crippen molar-refractivity contribution in [1.82, 2.24) is 15.0 Å². The molecule has 0 aliphatic rings. The number of rotatable bonds is 6. The highest BCUT2D eigenvalue weighted by atomic mass is 16.1. The average molecular weight is 397 g/mol. The van der Waals surface area contributed by atoms with E-state index in [0.29, 0.717) is 12.4 Å². The Kier molecular flexibility index (Phi) is 5.66. The predicted molar refractivity (Wildman–Crippen MR) is 120 cm³/mol. The van der Waals surface area contributed by atoms with Crippen molar-refractivity contribution in [2.75, 3.05) is 10.6 Å². The molecule has 0 spiro atoms. The minimum atomic E-state index is -0.0496. The van der Waals surface area contributed by atoms with Crippen LogP contribution in [0.5, 0.6) is 0 Å². The topological polar surface area (TPSA) is 79.8 Å². The molecule has 1 amide bonds. The van der Waals surface area contributed by atoms with Crippen molar-refractivity contribution in [2.24, 2.45) is 5.92 Å². The molecule has 0 bridgehead atoms. The smallest absolute Gasteiger partial charge is 0.226 e. The minimum Gasteiger partial charge on any atom is -0.365 e. The fourth-order valence-corrected chi connectivity index (χ4v) is 3.01. The van der Waals surface area contributed by atoms with Gasteiger partial charge in [-0.2, -0.15) is 0 Å². The Morgan fingerprint density at radius 3 is 2.50 bits per heavy atom. The molecule has 0 saturated heterocycles. The first-order chi connectivity index (χ1) is 14.6. The van der Waals surface area contributed by atoms with Crippen molar-refractivity contribution in [3.05, 3.63) is 78.6 Å². The first-order valence-electron chi connectivity index (χ1n) is 9.91. The SMILES string of the molecule is CC(C)C(=O)Nc1ccc(CNc2nc(-c3cccnc3)nc3ccccc23)cc1. The molecular weight excluding hydrogens is 374 g/mol. The van der Waals surface area contributed by atoms with Gasteiger partial charge in [0.25, 0.3) is 0 Å². The zero-order valence-electron chi connectivity index (χ0n) is 17.0. The Morgan fingerprint density at radius 2 is 1.77 bits per heavy atom. The molecule has 30 heavy (non-hydrogen) atoms. The Morgan fingerprint density at radius 1 is 0.967 bits per heavy atom. The molecule has 0 atom stereocenters. The van der Waals surface area contributed by atoms with E-state index in [1.807, 2.05) is 74.5 Å². The number of nitrogens with one attached hydrogen (secondary N) is 2. The van der Waals surface area contributed by atoms with E-state index in [1.165, 1.54) is 0 Å². The fourth-order valence-electron chi connectivity index (χ4n) is 3.01. The number of fused-ring (bicyclic) bond motifs is 1. The van der Waals surface area contributed by atoms with Gasteiger partial charge in [0.15, 0.2) is 5.82 Å². The van der Waals surface area contributed by atoms with Crippen LogP contribution in [0, 0.1) is 5.92 Å². The third kappa shape index (κ3) is 4.43. The number of carbonyl (C=O) groups is 1. The number of benzene rings is 2. The van der Waals surface area contributed by atoms with E-state index in [0.717, 1.165) is 33.5 Å². The zero-order chi connectivity index (χ0) is 20.9.